The van der Waals surface area contributed by atoms with Crippen LogP contribution in [0, 0.1) is 22.0 Å². The van der Waals surface area contributed by atoms with Gasteiger partial charge in [-0.15, -0.1) is 0 Å². The number of hydrogen-bond acceptors (Lipinski definition) is 4. The van der Waals surface area contributed by atoms with E-state index >= 15 is 0 Å². The van der Waals surface area contributed by atoms with Gasteiger partial charge in [0.1, 0.15) is 5.75 Å². The average molecular weight is 234 g/mol. The Morgan fingerprint density at radius 3 is 2.88 bits per heavy atom. The number of hydrogen-bond donors (Lipinski definition) is 1. The number of non-ortho nitro benzene ring substituents is 1. The van der Waals surface area contributed by atoms with Crippen molar-refractivity contribution < 1.29 is 9.66 Å². The normalized spacial score (nSPS) is 9.29. The van der Waals surface area contributed by atoms with Crippen molar-refractivity contribution >= 4 is 5.69 Å². The lowest BCUT2D eigenvalue weighted by molar-refractivity contribution is -0.384. The number of ether oxygens (including phenoxy) is 1. The van der Waals surface area contributed by atoms with Crippen LogP contribution in [-0.2, 0) is 0 Å². The third-order valence-corrected chi connectivity index (χ3v) is 2.12. The molecule has 0 unspecified atom stereocenters. The third kappa shape index (κ3) is 3.78. The zero-order valence-electron chi connectivity index (χ0n) is 9.82. The minimum atomic E-state index is -0.446. The van der Waals surface area contributed by atoms with Crippen LogP contribution in [0.1, 0.15) is 12.0 Å². The van der Waals surface area contributed by atoms with Gasteiger partial charge in [-0.2, -0.15) is 0 Å². The van der Waals surface area contributed by atoms with Crippen LogP contribution in [0.3, 0.4) is 0 Å². The molecular formula is C12H14N2O3. The van der Waals surface area contributed by atoms with Crippen molar-refractivity contribution in [1.29, 1.82) is 0 Å². The van der Waals surface area contributed by atoms with Gasteiger partial charge < -0.3 is 10.1 Å². The Morgan fingerprint density at radius 2 is 2.29 bits per heavy atom. The lowest BCUT2D eigenvalue weighted by Crippen LogP contribution is -2.05. The maximum Gasteiger partial charge on any atom is 0.270 e. The van der Waals surface area contributed by atoms with Crippen LogP contribution in [0.4, 0.5) is 5.69 Å². The average Bonchev–Trinajstić information content (AvgIpc) is 2.34. The van der Waals surface area contributed by atoms with Gasteiger partial charge in [0.15, 0.2) is 0 Å². The molecule has 5 nitrogen and oxygen atoms in total. The van der Waals surface area contributed by atoms with Crippen LogP contribution in [0.2, 0.25) is 0 Å². The molecule has 0 aliphatic carbocycles. The van der Waals surface area contributed by atoms with Crippen molar-refractivity contribution in [3.63, 3.8) is 0 Å². The molecule has 0 saturated heterocycles. The molecule has 1 rings (SSSR count). The number of benzene rings is 1. The largest absolute Gasteiger partial charge is 0.495 e. The highest BCUT2D eigenvalue weighted by atomic mass is 16.6. The van der Waals surface area contributed by atoms with Crippen molar-refractivity contribution in [2.24, 2.45) is 0 Å². The molecule has 0 heterocycles. The van der Waals surface area contributed by atoms with Crippen LogP contribution in [0.5, 0.6) is 5.75 Å². The van der Waals surface area contributed by atoms with E-state index in [0.717, 1.165) is 6.54 Å². The first-order chi connectivity index (χ1) is 8.19. The second-order valence-electron chi connectivity index (χ2n) is 3.30. The zero-order valence-corrected chi connectivity index (χ0v) is 9.82. The van der Waals surface area contributed by atoms with E-state index < -0.39 is 4.92 Å². The van der Waals surface area contributed by atoms with E-state index in [4.69, 9.17) is 4.74 Å². The summed E-state index contributed by atoms with van der Waals surface area (Å²) in [7, 11) is 3.36. The van der Waals surface area contributed by atoms with Gasteiger partial charge in [-0.3, -0.25) is 10.1 Å². The number of methoxy groups -OCH3 is 1. The highest BCUT2D eigenvalue weighted by Crippen LogP contribution is 2.22. The molecule has 1 aromatic rings. The Hall–Kier alpha value is -2.06. The molecule has 0 atom stereocenters. The van der Waals surface area contributed by atoms with E-state index in [0.29, 0.717) is 17.7 Å². The van der Waals surface area contributed by atoms with Crippen molar-refractivity contribution in [1.82, 2.24) is 5.32 Å². The second-order valence-corrected chi connectivity index (χ2v) is 3.30. The van der Waals surface area contributed by atoms with Gasteiger partial charge in [0.2, 0.25) is 0 Å². The molecule has 0 saturated carbocycles. The smallest absolute Gasteiger partial charge is 0.270 e. The molecule has 0 bridgehead atoms. The monoisotopic (exact) mass is 234 g/mol. The van der Waals surface area contributed by atoms with E-state index in [1.807, 2.05) is 7.05 Å². The fraction of sp³-hybridized carbons (Fsp3) is 0.333. The topological polar surface area (TPSA) is 64.4 Å². The Balaban J connectivity index is 2.96. The molecule has 0 fully saturated rings. The van der Waals surface area contributed by atoms with E-state index in [-0.39, 0.29) is 5.69 Å². The maximum absolute atomic E-state index is 10.6. The molecular weight excluding hydrogens is 220 g/mol. The minimum Gasteiger partial charge on any atom is -0.495 e. The number of nitrogens with one attached hydrogen (secondary N) is 1. The number of nitrogens with zero attached hydrogens (tertiary/aromatic N) is 1. The minimum absolute atomic E-state index is 0.0173. The van der Waals surface area contributed by atoms with Gasteiger partial charge in [-0.05, 0) is 13.1 Å². The molecule has 0 spiro atoms. The lowest BCUT2D eigenvalue weighted by atomic mass is 10.1. The summed E-state index contributed by atoms with van der Waals surface area (Å²) in [5, 5.41) is 13.6. The van der Waals surface area contributed by atoms with Crippen LogP contribution in [0.25, 0.3) is 0 Å². The Morgan fingerprint density at radius 1 is 1.53 bits per heavy atom. The fourth-order valence-corrected chi connectivity index (χ4v) is 1.25. The Labute approximate surface area is 99.9 Å². The standard InChI is InChI=1S/C12H14N2O3/c1-13-8-4-3-5-10-9-11(14(15)16)6-7-12(10)17-2/h6-7,9,13H,4,8H2,1-2H3. The van der Waals surface area contributed by atoms with Gasteiger partial charge >= 0.3 is 0 Å². The van der Waals surface area contributed by atoms with E-state index in [9.17, 15) is 10.1 Å². The SMILES string of the molecule is CNCCC#Cc1cc([N+](=O)[O-])ccc1OC. The lowest BCUT2D eigenvalue weighted by Gasteiger charge is -2.02. The first-order valence-corrected chi connectivity index (χ1v) is 5.15. The predicted octanol–water partition coefficient (Wildman–Crippen LogP) is 1.56. The number of nitro benzene ring substituents is 1. The highest BCUT2D eigenvalue weighted by molar-refractivity contribution is 5.52. The van der Waals surface area contributed by atoms with Crippen LogP contribution in [0.15, 0.2) is 18.2 Å². The first kappa shape index (κ1) is 13.0. The van der Waals surface area contributed by atoms with E-state index in [2.05, 4.69) is 17.2 Å². The molecule has 1 aromatic carbocycles. The molecule has 0 aromatic heterocycles. The molecule has 5 heteroatoms. The van der Waals surface area contributed by atoms with Gasteiger partial charge in [-0.25, -0.2) is 0 Å². The maximum atomic E-state index is 10.6. The summed E-state index contributed by atoms with van der Waals surface area (Å²) < 4.78 is 5.10. The van der Waals surface area contributed by atoms with Crippen molar-refractivity contribution in [2.75, 3.05) is 20.7 Å². The summed E-state index contributed by atoms with van der Waals surface area (Å²) in [6.07, 6.45) is 0.683. The van der Waals surface area contributed by atoms with Crippen molar-refractivity contribution in [3.8, 4) is 17.6 Å². The number of nitro groups is 1. The highest BCUT2D eigenvalue weighted by Gasteiger charge is 2.09. The number of rotatable bonds is 4. The molecule has 0 radical (unpaired) electrons. The summed E-state index contributed by atoms with van der Waals surface area (Å²) in [5.41, 5.74) is 0.557. The molecule has 0 aliphatic heterocycles. The van der Waals surface area contributed by atoms with Crippen molar-refractivity contribution in [2.45, 2.75) is 6.42 Å². The molecule has 0 aliphatic rings. The first-order valence-electron chi connectivity index (χ1n) is 5.15. The molecule has 90 valence electrons. The summed E-state index contributed by atoms with van der Waals surface area (Å²) in [6, 6.07) is 4.38. The van der Waals surface area contributed by atoms with Crippen molar-refractivity contribution in [3.05, 3.63) is 33.9 Å². The molecule has 17 heavy (non-hydrogen) atoms. The van der Waals surface area contributed by atoms with Gasteiger partial charge in [-0.1, -0.05) is 11.8 Å². The zero-order chi connectivity index (χ0) is 12.7. The van der Waals surface area contributed by atoms with E-state index in [1.54, 1.807) is 6.07 Å². The third-order valence-electron chi connectivity index (χ3n) is 2.12. The van der Waals surface area contributed by atoms with Crippen LogP contribution in [-0.4, -0.2) is 25.6 Å². The summed E-state index contributed by atoms with van der Waals surface area (Å²) in [5.74, 6) is 6.35. The molecule has 0 amide bonds. The van der Waals surface area contributed by atoms with Crippen LogP contribution < -0.4 is 10.1 Å². The van der Waals surface area contributed by atoms with Gasteiger partial charge in [0.25, 0.3) is 5.69 Å². The second kappa shape index (κ2) is 6.51. The Bertz CT molecular complexity index is 461. The molecule has 1 N–H and O–H groups in total. The summed E-state index contributed by atoms with van der Waals surface area (Å²) in [4.78, 5) is 10.2. The summed E-state index contributed by atoms with van der Waals surface area (Å²) in [6.45, 7) is 0.782. The Kier molecular flexibility index (Phi) is 4.98. The van der Waals surface area contributed by atoms with Gasteiger partial charge in [0.05, 0.1) is 17.6 Å². The van der Waals surface area contributed by atoms with E-state index in [1.165, 1.54) is 19.2 Å². The fourth-order valence-electron chi connectivity index (χ4n) is 1.25. The van der Waals surface area contributed by atoms with Gasteiger partial charge in [0, 0.05) is 25.1 Å². The summed E-state index contributed by atoms with van der Waals surface area (Å²) >= 11 is 0. The quantitative estimate of drug-likeness (QED) is 0.371. The van der Waals surface area contributed by atoms with Crippen LogP contribution >= 0.6 is 0 Å². The predicted molar refractivity (Wildman–Crippen MR) is 65.1 cm³/mol.